The SMILES string of the molecule is OC(CCc1c[nH]cc1Cc1ccncc1)c1nn[nH]n1. The summed E-state index contributed by atoms with van der Waals surface area (Å²) in [6.07, 6.45) is 9.01. The fourth-order valence-electron chi connectivity index (χ4n) is 2.28. The van der Waals surface area contributed by atoms with Gasteiger partial charge in [-0.25, -0.2) is 0 Å². The number of aliphatic hydroxyl groups excluding tert-OH is 1. The second-order valence-corrected chi connectivity index (χ2v) is 4.86. The number of nitrogens with zero attached hydrogens (tertiary/aromatic N) is 4. The van der Waals surface area contributed by atoms with Crippen molar-refractivity contribution in [3.8, 4) is 0 Å². The molecule has 0 amide bonds. The Bertz CT molecular complexity index is 664. The molecule has 1 unspecified atom stereocenters. The molecular formula is C14H16N6O. The van der Waals surface area contributed by atoms with Crippen LogP contribution in [0.2, 0.25) is 0 Å². The number of aromatic amines is 2. The number of pyridine rings is 1. The van der Waals surface area contributed by atoms with Gasteiger partial charge in [-0.3, -0.25) is 4.98 Å². The number of rotatable bonds is 6. The van der Waals surface area contributed by atoms with Gasteiger partial charge in [0.2, 0.25) is 5.82 Å². The maximum absolute atomic E-state index is 9.99. The molecule has 0 saturated heterocycles. The maximum atomic E-state index is 9.99. The number of aromatic nitrogens is 6. The van der Waals surface area contributed by atoms with Crippen molar-refractivity contribution in [3.63, 3.8) is 0 Å². The Morgan fingerprint density at radius 3 is 2.71 bits per heavy atom. The lowest BCUT2D eigenvalue weighted by Crippen LogP contribution is -2.03. The Kier molecular flexibility index (Phi) is 4.02. The van der Waals surface area contributed by atoms with Crippen molar-refractivity contribution in [1.82, 2.24) is 30.6 Å². The number of hydrogen-bond donors (Lipinski definition) is 3. The molecule has 0 fully saturated rings. The molecule has 3 rings (SSSR count). The maximum Gasteiger partial charge on any atom is 0.202 e. The number of nitrogens with one attached hydrogen (secondary N) is 2. The van der Waals surface area contributed by atoms with Crippen LogP contribution in [-0.2, 0) is 12.8 Å². The van der Waals surface area contributed by atoms with Gasteiger partial charge < -0.3 is 10.1 Å². The molecule has 21 heavy (non-hydrogen) atoms. The topological polar surface area (TPSA) is 103 Å². The number of aryl methyl sites for hydroxylation is 1. The van der Waals surface area contributed by atoms with Crippen molar-refractivity contribution >= 4 is 0 Å². The van der Waals surface area contributed by atoms with Crippen LogP contribution in [0.1, 0.15) is 35.0 Å². The van der Waals surface area contributed by atoms with Crippen molar-refractivity contribution in [3.05, 3.63) is 59.4 Å². The van der Waals surface area contributed by atoms with E-state index in [0.29, 0.717) is 12.2 Å². The van der Waals surface area contributed by atoms with E-state index in [1.807, 2.05) is 24.5 Å². The quantitative estimate of drug-likeness (QED) is 0.630. The van der Waals surface area contributed by atoms with Gasteiger partial charge in [0, 0.05) is 24.8 Å². The third-order valence-electron chi connectivity index (χ3n) is 3.42. The monoisotopic (exact) mass is 284 g/mol. The number of aliphatic hydroxyl groups is 1. The molecule has 0 aliphatic carbocycles. The van der Waals surface area contributed by atoms with E-state index in [4.69, 9.17) is 0 Å². The van der Waals surface area contributed by atoms with E-state index in [2.05, 4.69) is 30.6 Å². The molecule has 3 aromatic heterocycles. The molecule has 0 bridgehead atoms. The summed E-state index contributed by atoms with van der Waals surface area (Å²) in [6, 6.07) is 4.01. The van der Waals surface area contributed by atoms with Crippen LogP contribution in [0.4, 0.5) is 0 Å². The minimum absolute atomic E-state index is 0.334. The zero-order valence-electron chi connectivity index (χ0n) is 11.4. The second-order valence-electron chi connectivity index (χ2n) is 4.86. The van der Waals surface area contributed by atoms with E-state index < -0.39 is 6.10 Å². The molecule has 0 aliphatic heterocycles. The molecule has 0 aliphatic rings. The molecule has 0 saturated carbocycles. The fourth-order valence-corrected chi connectivity index (χ4v) is 2.28. The molecule has 3 heterocycles. The Balaban J connectivity index is 1.63. The van der Waals surface area contributed by atoms with Gasteiger partial charge in [-0.2, -0.15) is 5.21 Å². The van der Waals surface area contributed by atoms with E-state index in [1.165, 1.54) is 16.7 Å². The lowest BCUT2D eigenvalue weighted by atomic mass is 10.0. The van der Waals surface area contributed by atoms with Crippen molar-refractivity contribution in [2.75, 3.05) is 0 Å². The lowest BCUT2D eigenvalue weighted by molar-refractivity contribution is 0.158. The van der Waals surface area contributed by atoms with E-state index in [0.717, 1.165) is 12.8 Å². The second kappa shape index (κ2) is 6.27. The summed E-state index contributed by atoms with van der Waals surface area (Å²) in [5.74, 6) is 0.334. The van der Waals surface area contributed by atoms with E-state index in [-0.39, 0.29) is 0 Å². The van der Waals surface area contributed by atoms with Crippen LogP contribution in [0.5, 0.6) is 0 Å². The minimum atomic E-state index is -0.701. The molecule has 0 radical (unpaired) electrons. The summed E-state index contributed by atoms with van der Waals surface area (Å²) < 4.78 is 0. The van der Waals surface area contributed by atoms with Crippen molar-refractivity contribution in [1.29, 1.82) is 0 Å². The van der Waals surface area contributed by atoms with Gasteiger partial charge in [-0.05, 0) is 48.1 Å². The highest BCUT2D eigenvalue weighted by Gasteiger charge is 2.14. The highest BCUT2D eigenvalue weighted by Crippen LogP contribution is 2.19. The molecule has 0 aromatic carbocycles. The zero-order valence-corrected chi connectivity index (χ0v) is 11.4. The third-order valence-corrected chi connectivity index (χ3v) is 3.42. The normalized spacial score (nSPS) is 12.4. The van der Waals surface area contributed by atoms with Crippen LogP contribution in [0.15, 0.2) is 36.9 Å². The van der Waals surface area contributed by atoms with E-state index in [9.17, 15) is 5.11 Å². The van der Waals surface area contributed by atoms with Crippen LogP contribution in [-0.4, -0.2) is 35.7 Å². The molecule has 7 nitrogen and oxygen atoms in total. The first kappa shape index (κ1) is 13.4. The Hall–Kier alpha value is -2.54. The van der Waals surface area contributed by atoms with Crippen LogP contribution in [0, 0.1) is 0 Å². The largest absolute Gasteiger partial charge is 0.385 e. The Labute approximate surface area is 121 Å². The number of tetrazole rings is 1. The van der Waals surface area contributed by atoms with Crippen LogP contribution in [0.3, 0.4) is 0 Å². The smallest absolute Gasteiger partial charge is 0.202 e. The number of H-pyrrole nitrogens is 2. The first-order chi connectivity index (χ1) is 10.3. The lowest BCUT2D eigenvalue weighted by Gasteiger charge is -2.07. The van der Waals surface area contributed by atoms with Gasteiger partial charge in [0.25, 0.3) is 0 Å². The van der Waals surface area contributed by atoms with Crippen LogP contribution < -0.4 is 0 Å². The first-order valence-electron chi connectivity index (χ1n) is 6.78. The molecule has 3 N–H and O–H groups in total. The van der Waals surface area contributed by atoms with Crippen molar-refractivity contribution in [2.45, 2.75) is 25.4 Å². The average molecular weight is 284 g/mol. The van der Waals surface area contributed by atoms with Gasteiger partial charge >= 0.3 is 0 Å². The first-order valence-corrected chi connectivity index (χ1v) is 6.78. The predicted octanol–water partition coefficient (Wildman–Crippen LogP) is 1.18. The van der Waals surface area contributed by atoms with Crippen molar-refractivity contribution in [2.24, 2.45) is 0 Å². The van der Waals surface area contributed by atoms with Gasteiger partial charge in [0.1, 0.15) is 6.10 Å². The summed E-state index contributed by atoms with van der Waals surface area (Å²) in [7, 11) is 0. The van der Waals surface area contributed by atoms with Crippen LogP contribution in [0.25, 0.3) is 0 Å². The zero-order chi connectivity index (χ0) is 14.5. The molecule has 7 heteroatoms. The van der Waals surface area contributed by atoms with E-state index in [1.54, 1.807) is 12.4 Å². The Morgan fingerprint density at radius 1 is 1.14 bits per heavy atom. The summed E-state index contributed by atoms with van der Waals surface area (Å²) in [5, 5.41) is 23.4. The highest BCUT2D eigenvalue weighted by atomic mass is 16.3. The summed E-state index contributed by atoms with van der Waals surface area (Å²) in [4.78, 5) is 7.15. The molecule has 108 valence electrons. The standard InChI is InChI=1S/C14H16N6O/c21-13(14-17-19-20-18-14)2-1-11-8-16-9-12(11)7-10-3-5-15-6-4-10/h3-6,8-9,13,16,21H,1-2,7H2,(H,17,18,19,20). The number of hydrogen-bond acceptors (Lipinski definition) is 5. The van der Waals surface area contributed by atoms with Gasteiger partial charge in [-0.15, -0.1) is 10.2 Å². The highest BCUT2D eigenvalue weighted by molar-refractivity contribution is 5.29. The molecular weight excluding hydrogens is 268 g/mol. The van der Waals surface area contributed by atoms with Crippen LogP contribution >= 0.6 is 0 Å². The van der Waals surface area contributed by atoms with Gasteiger partial charge in [-0.1, -0.05) is 5.21 Å². The van der Waals surface area contributed by atoms with Gasteiger partial charge in [0.15, 0.2) is 0 Å². The predicted molar refractivity (Wildman–Crippen MR) is 75.3 cm³/mol. The molecule has 1 atom stereocenters. The fraction of sp³-hybridized carbons (Fsp3) is 0.286. The molecule has 0 spiro atoms. The summed E-state index contributed by atoms with van der Waals surface area (Å²) >= 11 is 0. The molecule has 3 aromatic rings. The third kappa shape index (κ3) is 3.32. The Morgan fingerprint density at radius 2 is 1.95 bits per heavy atom. The van der Waals surface area contributed by atoms with E-state index >= 15 is 0 Å². The minimum Gasteiger partial charge on any atom is -0.385 e. The van der Waals surface area contributed by atoms with Crippen molar-refractivity contribution < 1.29 is 5.11 Å². The van der Waals surface area contributed by atoms with Gasteiger partial charge in [0.05, 0.1) is 0 Å². The summed E-state index contributed by atoms with van der Waals surface area (Å²) in [5.41, 5.74) is 3.63. The summed E-state index contributed by atoms with van der Waals surface area (Å²) in [6.45, 7) is 0. The average Bonchev–Trinajstić information content (AvgIpc) is 3.18.